The minimum absolute atomic E-state index is 0.111. The van der Waals surface area contributed by atoms with E-state index in [1.54, 1.807) is 0 Å². The van der Waals surface area contributed by atoms with Gasteiger partial charge in [0.15, 0.2) is 0 Å². The van der Waals surface area contributed by atoms with E-state index in [0.29, 0.717) is 6.54 Å². The molecule has 1 N–H and O–H groups in total. The van der Waals surface area contributed by atoms with Crippen LogP contribution in [0, 0.1) is 0 Å². The van der Waals surface area contributed by atoms with Crippen LogP contribution < -0.4 is 5.32 Å². The summed E-state index contributed by atoms with van der Waals surface area (Å²) in [6, 6.07) is 0.369. The first-order valence-corrected chi connectivity index (χ1v) is 8.19. The number of likely N-dealkylation sites (tertiary alicyclic amines) is 1. The minimum atomic E-state index is -0.455. The first kappa shape index (κ1) is 16.2. The molecule has 1 aromatic rings. The lowest BCUT2D eigenvalue weighted by Crippen LogP contribution is -2.55. The molecular formula is C14H24N4O2S. The summed E-state index contributed by atoms with van der Waals surface area (Å²) in [5.74, 6) is 0. The van der Waals surface area contributed by atoms with Gasteiger partial charge < -0.3 is 15.0 Å². The molecule has 6 nitrogen and oxygen atoms in total. The minimum Gasteiger partial charge on any atom is -0.444 e. The maximum atomic E-state index is 12.3. The molecule has 0 bridgehead atoms. The Morgan fingerprint density at radius 3 is 2.95 bits per heavy atom. The van der Waals surface area contributed by atoms with Crippen LogP contribution in [0.1, 0.15) is 46.2 Å². The summed E-state index contributed by atoms with van der Waals surface area (Å²) in [6.45, 7) is 9.19. The maximum absolute atomic E-state index is 12.3. The molecule has 2 rings (SSSR count). The number of rotatable bonds is 3. The summed E-state index contributed by atoms with van der Waals surface area (Å²) < 4.78 is 9.34. The average molecular weight is 312 g/mol. The van der Waals surface area contributed by atoms with Gasteiger partial charge in [0.05, 0.1) is 5.69 Å². The van der Waals surface area contributed by atoms with Crippen LogP contribution in [0.15, 0.2) is 5.38 Å². The highest BCUT2D eigenvalue weighted by molar-refractivity contribution is 7.03. The molecule has 1 fully saturated rings. The number of ether oxygens (including phenoxy) is 1. The number of carbonyl (C=O) groups excluding carboxylic acids is 1. The summed E-state index contributed by atoms with van der Waals surface area (Å²) in [7, 11) is 0. The van der Waals surface area contributed by atoms with Gasteiger partial charge in [-0.3, -0.25) is 0 Å². The molecular weight excluding hydrogens is 288 g/mol. The van der Waals surface area contributed by atoms with Gasteiger partial charge in [0.25, 0.3) is 0 Å². The highest BCUT2D eigenvalue weighted by Crippen LogP contribution is 2.21. The van der Waals surface area contributed by atoms with Crippen LogP contribution in [-0.2, 0) is 11.3 Å². The maximum Gasteiger partial charge on any atom is 0.410 e. The fraction of sp³-hybridized carbons (Fsp3) is 0.786. The third kappa shape index (κ3) is 4.64. The Kier molecular flexibility index (Phi) is 5.16. The SMILES string of the molecule is CC1C(NCc2csnn2)CCCN1C(=O)OC(C)(C)C. The molecule has 0 spiro atoms. The quantitative estimate of drug-likeness (QED) is 0.928. The lowest BCUT2D eigenvalue weighted by molar-refractivity contribution is 0.00697. The van der Waals surface area contributed by atoms with Crippen LogP contribution in [0.2, 0.25) is 0 Å². The summed E-state index contributed by atoms with van der Waals surface area (Å²) in [5.41, 5.74) is 0.491. The molecule has 2 atom stereocenters. The highest BCUT2D eigenvalue weighted by Gasteiger charge is 2.33. The van der Waals surface area contributed by atoms with Gasteiger partial charge in [-0.05, 0) is 52.1 Å². The number of carbonyl (C=O) groups is 1. The molecule has 0 radical (unpaired) electrons. The lowest BCUT2D eigenvalue weighted by atomic mass is 9.98. The summed E-state index contributed by atoms with van der Waals surface area (Å²) in [4.78, 5) is 14.1. The van der Waals surface area contributed by atoms with E-state index in [1.807, 2.05) is 31.1 Å². The first-order chi connectivity index (χ1) is 9.87. The smallest absolute Gasteiger partial charge is 0.410 e. The van der Waals surface area contributed by atoms with Crippen molar-refractivity contribution < 1.29 is 9.53 Å². The largest absolute Gasteiger partial charge is 0.444 e. The van der Waals surface area contributed by atoms with Crippen molar-refractivity contribution in [1.29, 1.82) is 0 Å². The standard InChI is InChI=1S/C14H24N4O2S/c1-10-12(15-8-11-9-21-17-16-11)6-5-7-18(10)13(19)20-14(2,3)4/h9-10,12,15H,5-8H2,1-4H3. The Labute approximate surface area is 130 Å². The monoisotopic (exact) mass is 312 g/mol. The zero-order valence-electron chi connectivity index (χ0n) is 13.1. The molecule has 0 saturated carbocycles. The predicted molar refractivity (Wildman–Crippen MR) is 82.2 cm³/mol. The van der Waals surface area contributed by atoms with Crippen LogP contribution in [-0.4, -0.2) is 44.8 Å². The Morgan fingerprint density at radius 1 is 1.57 bits per heavy atom. The molecule has 0 aliphatic carbocycles. The molecule has 7 heteroatoms. The third-order valence-electron chi connectivity index (χ3n) is 3.57. The fourth-order valence-electron chi connectivity index (χ4n) is 2.49. The molecule has 21 heavy (non-hydrogen) atoms. The van der Waals surface area contributed by atoms with Crippen molar-refractivity contribution in [3.05, 3.63) is 11.1 Å². The van der Waals surface area contributed by atoms with E-state index in [9.17, 15) is 4.79 Å². The van der Waals surface area contributed by atoms with Crippen LogP contribution in [0.3, 0.4) is 0 Å². The van der Waals surface area contributed by atoms with Crippen molar-refractivity contribution >= 4 is 17.6 Å². The van der Waals surface area contributed by atoms with Gasteiger partial charge in [-0.25, -0.2) is 4.79 Å². The Balaban J connectivity index is 1.91. The molecule has 1 amide bonds. The van der Waals surface area contributed by atoms with Gasteiger partial charge in [-0.1, -0.05) is 4.49 Å². The topological polar surface area (TPSA) is 67.4 Å². The number of aromatic nitrogens is 2. The van der Waals surface area contributed by atoms with Crippen molar-refractivity contribution in [2.45, 2.75) is 64.8 Å². The Hall–Kier alpha value is -1.21. The van der Waals surface area contributed by atoms with E-state index >= 15 is 0 Å². The first-order valence-electron chi connectivity index (χ1n) is 7.36. The third-order valence-corrected chi connectivity index (χ3v) is 4.12. The molecule has 0 aromatic carbocycles. The second kappa shape index (κ2) is 6.70. The molecule has 2 heterocycles. The van der Waals surface area contributed by atoms with Crippen LogP contribution in [0.4, 0.5) is 4.79 Å². The number of piperidine rings is 1. The lowest BCUT2D eigenvalue weighted by Gasteiger charge is -2.40. The predicted octanol–water partition coefficient (Wildman–Crippen LogP) is 2.42. The van der Waals surface area contributed by atoms with Gasteiger partial charge >= 0.3 is 6.09 Å². The number of nitrogens with zero attached hydrogens (tertiary/aromatic N) is 3. The van der Waals surface area contributed by atoms with Gasteiger partial charge in [0.1, 0.15) is 5.60 Å². The number of amides is 1. The van der Waals surface area contributed by atoms with Gasteiger partial charge in [0.2, 0.25) is 0 Å². The zero-order chi connectivity index (χ0) is 15.5. The van der Waals surface area contributed by atoms with Crippen molar-refractivity contribution in [2.24, 2.45) is 0 Å². The average Bonchev–Trinajstić information content (AvgIpc) is 2.88. The molecule has 1 saturated heterocycles. The van der Waals surface area contributed by atoms with Crippen molar-refractivity contribution in [3.8, 4) is 0 Å². The van der Waals surface area contributed by atoms with E-state index in [1.165, 1.54) is 11.5 Å². The van der Waals surface area contributed by atoms with Gasteiger partial charge in [-0.15, -0.1) is 5.10 Å². The van der Waals surface area contributed by atoms with Crippen molar-refractivity contribution in [2.75, 3.05) is 6.54 Å². The zero-order valence-corrected chi connectivity index (χ0v) is 13.9. The Bertz CT molecular complexity index is 458. The van der Waals surface area contributed by atoms with Crippen LogP contribution >= 0.6 is 11.5 Å². The van der Waals surface area contributed by atoms with Gasteiger partial charge in [0, 0.05) is 30.6 Å². The normalized spacial score (nSPS) is 23.1. The number of nitrogens with one attached hydrogen (secondary N) is 1. The summed E-state index contributed by atoms with van der Waals surface area (Å²) in [5, 5.41) is 9.44. The number of hydrogen-bond acceptors (Lipinski definition) is 6. The van der Waals surface area contributed by atoms with Crippen molar-refractivity contribution in [3.63, 3.8) is 0 Å². The summed E-state index contributed by atoms with van der Waals surface area (Å²) in [6.07, 6.45) is 1.81. The molecule has 2 unspecified atom stereocenters. The van der Waals surface area contributed by atoms with Gasteiger partial charge in [-0.2, -0.15) is 0 Å². The Morgan fingerprint density at radius 2 is 2.33 bits per heavy atom. The number of hydrogen-bond donors (Lipinski definition) is 1. The highest BCUT2D eigenvalue weighted by atomic mass is 32.1. The fourth-order valence-corrected chi connectivity index (χ4v) is 2.94. The molecule has 1 aliphatic rings. The van der Waals surface area contributed by atoms with E-state index in [2.05, 4.69) is 21.8 Å². The second-order valence-corrected chi connectivity index (χ2v) is 7.05. The molecule has 1 aliphatic heterocycles. The van der Waals surface area contributed by atoms with E-state index in [-0.39, 0.29) is 18.2 Å². The van der Waals surface area contributed by atoms with E-state index in [4.69, 9.17) is 4.74 Å². The van der Waals surface area contributed by atoms with Crippen LogP contribution in [0.5, 0.6) is 0 Å². The van der Waals surface area contributed by atoms with E-state index in [0.717, 1.165) is 25.1 Å². The molecule has 118 valence electrons. The van der Waals surface area contributed by atoms with Crippen LogP contribution in [0.25, 0.3) is 0 Å². The second-order valence-electron chi connectivity index (χ2n) is 6.44. The summed E-state index contributed by atoms with van der Waals surface area (Å²) >= 11 is 1.35. The van der Waals surface area contributed by atoms with E-state index < -0.39 is 5.60 Å². The molecule has 1 aromatic heterocycles. The van der Waals surface area contributed by atoms with Crippen molar-refractivity contribution in [1.82, 2.24) is 19.8 Å².